The van der Waals surface area contributed by atoms with E-state index in [1.54, 1.807) is 0 Å². The van der Waals surface area contributed by atoms with E-state index in [0.29, 0.717) is 12.6 Å². The van der Waals surface area contributed by atoms with Crippen LogP contribution in [0.3, 0.4) is 0 Å². The number of ether oxygens (including phenoxy) is 1. The minimum absolute atomic E-state index is 0.297. The van der Waals surface area contributed by atoms with Crippen LogP contribution in [0.5, 0.6) is 5.75 Å². The number of benzene rings is 2. The molecule has 1 aliphatic heterocycles. The van der Waals surface area contributed by atoms with Crippen molar-refractivity contribution in [1.29, 1.82) is 0 Å². The molecule has 2 N–H and O–H groups in total. The van der Waals surface area contributed by atoms with Crippen LogP contribution in [-0.4, -0.2) is 13.2 Å². The fourth-order valence-electron chi connectivity index (χ4n) is 2.44. The van der Waals surface area contributed by atoms with Crippen LogP contribution in [0.2, 0.25) is 0 Å². The smallest absolute Gasteiger partial charge is 0.144 e. The monoisotopic (exact) mass is 254 g/mol. The van der Waals surface area contributed by atoms with Gasteiger partial charge < -0.3 is 15.4 Å². The molecule has 0 radical (unpaired) electrons. The van der Waals surface area contributed by atoms with E-state index in [9.17, 15) is 0 Å². The molecule has 2 aromatic carbocycles. The third-order valence-electron chi connectivity index (χ3n) is 3.34. The summed E-state index contributed by atoms with van der Waals surface area (Å²) in [6.07, 6.45) is 0. The Hall–Kier alpha value is -2.16. The molecule has 19 heavy (non-hydrogen) atoms. The lowest BCUT2D eigenvalue weighted by Crippen LogP contribution is -2.26. The summed E-state index contributed by atoms with van der Waals surface area (Å²) < 4.78 is 5.64. The largest absolute Gasteiger partial charge is 0.492 e. The second kappa shape index (κ2) is 5.22. The van der Waals surface area contributed by atoms with E-state index in [-0.39, 0.29) is 0 Å². The lowest BCUT2D eigenvalue weighted by Gasteiger charge is -2.29. The zero-order valence-corrected chi connectivity index (χ0v) is 11.0. The predicted octanol–water partition coefficient (Wildman–Crippen LogP) is 3.66. The van der Waals surface area contributed by atoms with Gasteiger partial charge >= 0.3 is 0 Å². The zero-order valence-electron chi connectivity index (χ0n) is 11.0. The predicted molar refractivity (Wildman–Crippen MR) is 78.9 cm³/mol. The molecule has 0 saturated carbocycles. The van der Waals surface area contributed by atoms with Gasteiger partial charge in [0.25, 0.3) is 0 Å². The first-order valence-electron chi connectivity index (χ1n) is 6.69. The number of hydrogen-bond donors (Lipinski definition) is 2. The van der Waals surface area contributed by atoms with Crippen molar-refractivity contribution in [3.05, 3.63) is 54.1 Å². The van der Waals surface area contributed by atoms with Crippen molar-refractivity contribution >= 4 is 11.4 Å². The summed E-state index contributed by atoms with van der Waals surface area (Å²) in [5, 5.41) is 7.05. The van der Waals surface area contributed by atoms with E-state index in [2.05, 4.69) is 41.0 Å². The Morgan fingerprint density at radius 2 is 1.95 bits per heavy atom. The summed E-state index contributed by atoms with van der Waals surface area (Å²) in [7, 11) is 0. The molecule has 2 aromatic rings. The number of fused-ring (bicyclic) bond motifs is 1. The Morgan fingerprint density at radius 1 is 1.11 bits per heavy atom. The molecule has 0 aromatic heterocycles. The van der Waals surface area contributed by atoms with E-state index >= 15 is 0 Å². The Balaban J connectivity index is 1.87. The van der Waals surface area contributed by atoms with Crippen LogP contribution in [0.15, 0.2) is 48.5 Å². The molecule has 1 unspecified atom stereocenters. The first-order chi connectivity index (χ1) is 9.38. The fourth-order valence-corrected chi connectivity index (χ4v) is 2.44. The van der Waals surface area contributed by atoms with Crippen LogP contribution >= 0.6 is 0 Å². The van der Waals surface area contributed by atoms with Gasteiger partial charge in [-0.3, -0.25) is 0 Å². The summed E-state index contributed by atoms with van der Waals surface area (Å²) in [4.78, 5) is 0. The summed E-state index contributed by atoms with van der Waals surface area (Å²) in [5.74, 6) is 0.916. The number of hydrogen-bond acceptors (Lipinski definition) is 3. The molecular formula is C16H18N2O. The van der Waals surface area contributed by atoms with Gasteiger partial charge in [0.2, 0.25) is 0 Å². The van der Waals surface area contributed by atoms with Crippen molar-refractivity contribution in [2.45, 2.75) is 13.0 Å². The molecule has 0 aliphatic carbocycles. The van der Waals surface area contributed by atoms with Crippen molar-refractivity contribution in [3.8, 4) is 5.75 Å². The van der Waals surface area contributed by atoms with E-state index in [4.69, 9.17) is 4.74 Å². The van der Waals surface area contributed by atoms with Gasteiger partial charge in [-0.05, 0) is 24.6 Å². The van der Waals surface area contributed by atoms with Gasteiger partial charge in [-0.25, -0.2) is 0 Å². The van der Waals surface area contributed by atoms with Gasteiger partial charge in [0.15, 0.2) is 0 Å². The Kier molecular flexibility index (Phi) is 3.27. The second-order valence-electron chi connectivity index (χ2n) is 4.60. The molecule has 1 heterocycles. The highest BCUT2D eigenvalue weighted by Crippen LogP contribution is 2.38. The molecule has 3 rings (SSSR count). The summed E-state index contributed by atoms with van der Waals surface area (Å²) in [6, 6.07) is 16.9. The maximum Gasteiger partial charge on any atom is 0.144 e. The maximum absolute atomic E-state index is 5.64. The Labute approximate surface area is 113 Å². The van der Waals surface area contributed by atoms with Crippen molar-refractivity contribution in [1.82, 2.24) is 0 Å². The molecule has 0 amide bonds. The average molecular weight is 254 g/mol. The highest BCUT2D eigenvalue weighted by Gasteiger charge is 2.20. The van der Waals surface area contributed by atoms with Gasteiger partial charge in [0, 0.05) is 6.54 Å². The standard InChI is InChI=1S/C16H18N2O/c1-2-19-15-10-6-9-13-16(15)17-11-14(18-13)12-7-4-3-5-8-12/h3-10,14,17-18H,2,11H2,1H3. The van der Waals surface area contributed by atoms with Gasteiger partial charge in [-0.2, -0.15) is 0 Å². The van der Waals surface area contributed by atoms with Crippen molar-refractivity contribution in [2.75, 3.05) is 23.8 Å². The van der Waals surface area contributed by atoms with Crippen LogP contribution < -0.4 is 15.4 Å². The molecule has 1 aliphatic rings. The molecule has 0 fully saturated rings. The maximum atomic E-state index is 5.64. The molecular weight excluding hydrogens is 236 g/mol. The number of nitrogens with one attached hydrogen (secondary N) is 2. The van der Waals surface area contributed by atoms with Crippen molar-refractivity contribution < 1.29 is 4.74 Å². The second-order valence-corrected chi connectivity index (χ2v) is 4.60. The normalized spacial score (nSPS) is 17.0. The van der Waals surface area contributed by atoms with Gasteiger partial charge in [-0.15, -0.1) is 0 Å². The first kappa shape index (κ1) is 11.9. The molecule has 3 nitrogen and oxygen atoms in total. The topological polar surface area (TPSA) is 33.3 Å². The highest BCUT2D eigenvalue weighted by atomic mass is 16.5. The van der Waals surface area contributed by atoms with Gasteiger partial charge in [0.1, 0.15) is 11.4 Å². The SMILES string of the molecule is CCOc1cccc2c1NCC(c1ccccc1)N2. The molecule has 0 bridgehead atoms. The zero-order chi connectivity index (χ0) is 13.1. The number of anilines is 2. The lowest BCUT2D eigenvalue weighted by molar-refractivity contribution is 0.341. The molecule has 0 spiro atoms. The lowest BCUT2D eigenvalue weighted by atomic mass is 10.0. The van der Waals surface area contributed by atoms with Crippen molar-refractivity contribution in [3.63, 3.8) is 0 Å². The van der Waals surface area contributed by atoms with Crippen LogP contribution in [0.25, 0.3) is 0 Å². The van der Waals surface area contributed by atoms with Gasteiger partial charge in [-0.1, -0.05) is 36.4 Å². The number of rotatable bonds is 3. The summed E-state index contributed by atoms with van der Waals surface area (Å²) >= 11 is 0. The molecule has 3 heteroatoms. The quantitative estimate of drug-likeness (QED) is 0.877. The first-order valence-corrected chi connectivity index (χ1v) is 6.69. The van der Waals surface area contributed by atoms with Crippen LogP contribution in [0.1, 0.15) is 18.5 Å². The van der Waals surface area contributed by atoms with Gasteiger partial charge in [0.05, 0.1) is 18.3 Å². The summed E-state index contributed by atoms with van der Waals surface area (Å²) in [5.41, 5.74) is 3.46. The Bertz CT molecular complexity index is 554. The highest BCUT2D eigenvalue weighted by molar-refractivity contribution is 5.77. The van der Waals surface area contributed by atoms with E-state index < -0.39 is 0 Å². The average Bonchev–Trinajstić information content (AvgIpc) is 2.48. The Morgan fingerprint density at radius 3 is 2.74 bits per heavy atom. The van der Waals surface area contributed by atoms with E-state index in [1.807, 2.05) is 25.1 Å². The van der Waals surface area contributed by atoms with E-state index in [1.165, 1.54) is 5.56 Å². The van der Waals surface area contributed by atoms with Crippen LogP contribution in [0, 0.1) is 0 Å². The molecule has 98 valence electrons. The third kappa shape index (κ3) is 2.36. The minimum Gasteiger partial charge on any atom is -0.492 e. The number of para-hydroxylation sites is 1. The van der Waals surface area contributed by atoms with Crippen molar-refractivity contribution in [2.24, 2.45) is 0 Å². The molecule has 1 atom stereocenters. The fraction of sp³-hybridized carbons (Fsp3) is 0.250. The van der Waals surface area contributed by atoms with E-state index in [0.717, 1.165) is 23.7 Å². The van der Waals surface area contributed by atoms with Crippen LogP contribution in [0.4, 0.5) is 11.4 Å². The summed E-state index contributed by atoms with van der Waals surface area (Å²) in [6.45, 7) is 3.55. The minimum atomic E-state index is 0.297. The van der Waals surface area contributed by atoms with Crippen LogP contribution in [-0.2, 0) is 0 Å². The third-order valence-corrected chi connectivity index (χ3v) is 3.34. The molecule has 0 saturated heterocycles.